The van der Waals surface area contributed by atoms with Gasteiger partial charge >= 0.3 is 0 Å². The predicted molar refractivity (Wildman–Crippen MR) is 83.0 cm³/mol. The Morgan fingerprint density at radius 1 is 1.18 bits per heavy atom. The third-order valence-corrected chi connectivity index (χ3v) is 3.10. The fourth-order valence-electron chi connectivity index (χ4n) is 2.10. The second-order valence-corrected chi connectivity index (χ2v) is 4.70. The number of nitrogens with zero attached hydrogens (tertiary/aromatic N) is 3. The molecule has 0 radical (unpaired) electrons. The molecule has 1 heterocycles. The molecule has 0 atom stereocenters. The van der Waals surface area contributed by atoms with Gasteiger partial charge in [0.2, 0.25) is 5.82 Å². The Balaban J connectivity index is 1.99. The summed E-state index contributed by atoms with van der Waals surface area (Å²) in [5.74, 6) is 0.903. The Morgan fingerprint density at radius 2 is 2.05 bits per heavy atom. The number of rotatable bonds is 4. The molecule has 2 N–H and O–H groups in total. The fourth-order valence-corrected chi connectivity index (χ4v) is 2.10. The molecule has 0 bridgehead atoms. The van der Waals surface area contributed by atoms with E-state index in [0.717, 1.165) is 11.1 Å². The molecule has 6 heteroatoms. The van der Waals surface area contributed by atoms with Gasteiger partial charge in [-0.1, -0.05) is 41.1 Å². The molecule has 0 spiro atoms. The number of para-hydroxylation sites is 1. The van der Waals surface area contributed by atoms with Crippen LogP contribution in [-0.2, 0) is 0 Å². The van der Waals surface area contributed by atoms with Crippen molar-refractivity contribution in [2.24, 2.45) is 4.99 Å². The van der Waals surface area contributed by atoms with Crippen LogP contribution in [0.4, 0.5) is 5.69 Å². The average molecular weight is 294 g/mol. The Labute approximate surface area is 127 Å². The van der Waals surface area contributed by atoms with E-state index in [1.54, 1.807) is 6.07 Å². The van der Waals surface area contributed by atoms with Gasteiger partial charge in [-0.05, 0) is 25.1 Å². The van der Waals surface area contributed by atoms with Crippen LogP contribution in [-0.4, -0.2) is 21.7 Å². The Kier molecular flexibility index (Phi) is 3.93. The summed E-state index contributed by atoms with van der Waals surface area (Å²) in [6, 6.07) is 15.2. The van der Waals surface area contributed by atoms with E-state index in [1.807, 2.05) is 54.9 Å². The predicted octanol–water partition coefficient (Wildman–Crippen LogP) is 3.35. The highest BCUT2D eigenvalue weighted by atomic mass is 16.5. The average Bonchev–Trinajstić information content (AvgIpc) is 3.03. The lowest BCUT2D eigenvalue weighted by Crippen LogP contribution is -2.01. The zero-order chi connectivity index (χ0) is 15.4. The first-order valence-electron chi connectivity index (χ1n) is 6.70. The van der Waals surface area contributed by atoms with E-state index >= 15 is 0 Å². The van der Waals surface area contributed by atoms with Gasteiger partial charge in [0.1, 0.15) is 6.34 Å². The van der Waals surface area contributed by atoms with Crippen molar-refractivity contribution in [1.82, 2.24) is 15.6 Å². The summed E-state index contributed by atoms with van der Waals surface area (Å²) in [4.78, 5) is 8.51. The largest absolute Gasteiger partial charge is 0.334 e. The van der Waals surface area contributed by atoms with Gasteiger partial charge in [0.25, 0.3) is 5.89 Å². The van der Waals surface area contributed by atoms with Gasteiger partial charge in [-0.2, -0.15) is 4.98 Å². The maximum Gasteiger partial charge on any atom is 0.260 e. The van der Waals surface area contributed by atoms with Crippen molar-refractivity contribution in [1.29, 1.82) is 0 Å². The van der Waals surface area contributed by atoms with Crippen LogP contribution in [0.5, 0.6) is 0 Å². The molecule has 0 amide bonds. The molecule has 0 saturated heterocycles. The van der Waals surface area contributed by atoms with Crippen LogP contribution >= 0.6 is 0 Å². The molecular weight excluding hydrogens is 280 g/mol. The minimum atomic E-state index is 0.377. The first kappa shape index (κ1) is 14.0. The van der Waals surface area contributed by atoms with Crippen molar-refractivity contribution in [3.05, 3.63) is 54.1 Å². The lowest BCUT2D eigenvalue weighted by molar-refractivity contribution is 0.240. The lowest BCUT2D eigenvalue weighted by Gasteiger charge is -1.99. The standard InChI is InChI=1S/C16H14N4O2/c1-11-5-4-6-12(9-11)15-19-16(22-20-15)13-7-2-3-8-14(13)17-10-18-21/h2-10,21H,1H3,(H,17,18). The lowest BCUT2D eigenvalue weighted by atomic mass is 10.1. The number of nitrogens with one attached hydrogen (secondary N) is 1. The van der Waals surface area contributed by atoms with Crippen LogP contribution in [0, 0.1) is 6.92 Å². The van der Waals surface area contributed by atoms with Crippen molar-refractivity contribution in [3.8, 4) is 22.8 Å². The maximum absolute atomic E-state index is 8.62. The minimum Gasteiger partial charge on any atom is -0.334 e. The summed E-state index contributed by atoms with van der Waals surface area (Å²) >= 11 is 0. The maximum atomic E-state index is 8.62. The van der Waals surface area contributed by atoms with Gasteiger partial charge in [0.15, 0.2) is 0 Å². The number of aliphatic imine (C=N–C) groups is 1. The van der Waals surface area contributed by atoms with E-state index in [4.69, 9.17) is 9.73 Å². The van der Waals surface area contributed by atoms with E-state index in [0.29, 0.717) is 23.0 Å². The monoisotopic (exact) mass is 294 g/mol. The summed E-state index contributed by atoms with van der Waals surface area (Å²) in [5.41, 5.74) is 5.21. The molecule has 3 aromatic rings. The van der Waals surface area contributed by atoms with Crippen molar-refractivity contribution in [2.75, 3.05) is 0 Å². The Hall–Kier alpha value is -2.99. The third-order valence-electron chi connectivity index (χ3n) is 3.10. The number of benzene rings is 2. The topological polar surface area (TPSA) is 83.5 Å². The molecule has 22 heavy (non-hydrogen) atoms. The van der Waals surface area contributed by atoms with E-state index < -0.39 is 0 Å². The Bertz CT molecular complexity index is 811. The Morgan fingerprint density at radius 3 is 2.86 bits per heavy atom. The summed E-state index contributed by atoms with van der Waals surface area (Å²) in [6.07, 6.45) is 1.18. The molecule has 2 aromatic carbocycles. The number of hydrogen-bond acceptors (Lipinski definition) is 5. The number of hydrogen-bond donors (Lipinski definition) is 2. The zero-order valence-corrected chi connectivity index (χ0v) is 11.9. The second kappa shape index (κ2) is 6.19. The molecule has 0 fully saturated rings. The smallest absolute Gasteiger partial charge is 0.260 e. The van der Waals surface area contributed by atoms with Gasteiger partial charge in [-0.25, -0.2) is 4.99 Å². The van der Waals surface area contributed by atoms with Gasteiger partial charge in [-0.15, -0.1) is 0 Å². The van der Waals surface area contributed by atoms with Crippen molar-refractivity contribution >= 4 is 12.0 Å². The van der Waals surface area contributed by atoms with E-state index in [9.17, 15) is 0 Å². The fraction of sp³-hybridized carbons (Fsp3) is 0.0625. The van der Waals surface area contributed by atoms with Gasteiger partial charge in [0, 0.05) is 5.56 Å². The zero-order valence-electron chi connectivity index (χ0n) is 11.9. The van der Waals surface area contributed by atoms with Crippen LogP contribution in [0.25, 0.3) is 22.8 Å². The number of hydroxylamine groups is 1. The van der Waals surface area contributed by atoms with Crippen LogP contribution in [0.2, 0.25) is 0 Å². The van der Waals surface area contributed by atoms with E-state index in [1.165, 1.54) is 6.34 Å². The summed E-state index contributed by atoms with van der Waals surface area (Å²) in [6.45, 7) is 2.01. The summed E-state index contributed by atoms with van der Waals surface area (Å²) in [7, 11) is 0. The molecule has 0 aliphatic heterocycles. The minimum absolute atomic E-state index is 0.377. The van der Waals surface area contributed by atoms with E-state index in [-0.39, 0.29) is 0 Å². The highest BCUT2D eigenvalue weighted by Crippen LogP contribution is 2.30. The van der Waals surface area contributed by atoms with Crippen LogP contribution in [0.15, 0.2) is 58.0 Å². The molecular formula is C16H14N4O2. The van der Waals surface area contributed by atoms with Crippen LogP contribution in [0.1, 0.15) is 5.56 Å². The molecule has 3 rings (SSSR count). The first-order valence-corrected chi connectivity index (χ1v) is 6.70. The van der Waals surface area contributed by atoms with Crippen molar-refractivity contribution in [2.45, 2.75) is 6.92 Å². The van der Waals surface area contributed by atoms with Crippen molar-refractivity contribution in [3.63, 3.8) is 0 Å². The van der Waals surface area contributed by atoms with Gasteiger partial charge < -0.3 is 4.52 Å². The second-order valence-electron chi connectivity index (χ2n) is 4.70. The van der Waals surface area contributed by atoms with Crippen LogP contribution < -0.4 is 5.48 Å². The molecule has 0 saturated carbocycles. The van der Waals surface area contributed by atoms with E-state index in [2.05, 4.69) is 15.1 Å². The highest BCUT2D eigenvalue weighted by Gasteiger charge is 2.13. The number of aromatic nitrogens is 2. The normalized spacial score (nSPS) is 11.0. The molecule has 0 aliphatic carbocycles. The molecule has 0 unspecified atom stereocenters. The molecule has 1 aromatic heterocycles. The SMILES string of the molecule is Cc1cccc(-c2noc(-c3ccccc3N=CNO)n2)c1. The first-order chi connectivity index (χ1) is 10.8. The van der Waals surface area contributed by atoms with Crippen LogP contribution in [0.3, 0.4) is 0 Å². The summed E-state index contributed by atoms with van der Waals surface area (Å²) in [5, 5.41) is 12.6. The third kappa shape index (κ3) is 2.87. The molecule has 6 nitrogen and oxygen atoms in total. The summed E-state index contributed by atoms with van der Waals surface area (Å²) < 4.78 is 5.35. The molecule has 0 aliphatic rings. The van der Waals surface area contributed by atoms with Gasteiger partial charge in [-0.3, -0.25) is 10.7 Å². The van der Waals surface area contributed by atoms with Crippen molar-refractivity contribution < 1.29 is 9.73 Å². The quantitative estimate of drug-likeness (QED) is 0.438. The van der Waals surface area contributed by atoms with Gasteiger partial charge in [0.05, 0.1) is 11.3 Å². The highest BCUT2D eigenvalue weighted by molar-refractivity contribution is 5.74. The molecule has 110 valence electrons. The number of aryl methyl sites for hydroxylation is 1.